The first kappa shape index (κ1) is 17.8. The fourth-order valence-corrected chi connectivity index (χ4v) is 4.43. The van der Waals surface area contributed by atoms with Crippen LogP contribution in [0, 0.1) is 18.7 Å². The number of carbonyl (C=O) groups is 1. The molecule has 2 aromatic heterocycles. The molecule has 0 spiro atoms. The summed E-state index contributed by atoms with van der Waals surface area (Å²) in [5.41, 5.74) is 4.61. The number of anilines is 1. The number of benzene rings is 2. The Balaban J connectivity index is 1.35. The largest absolute Gasteiger partial charge is 0.492 e. The molecule has 5 rings (SSSR count). The molecule has 0 fully saturated rings. The van der Waals surface area contributed by atoms with Gasteiger partial charge in [-0.3, -0.25) is 9.89 Å². The average molecular weight is 408 g/mol. The Morgan fingerprint density at radius 1 is 1.31 bits per heavy atom. The van der Waals surface area contributed by atoms with Crippen LogP contribution in [0.3, 0.4) is 0 Å². The van der Waals surface area contributed by atoms with E-state index in [0.29, 0.717) is 22.9 Å². The predicted octanol–water partition coefficient (Wildman–Crippen LogP) is 4.32. The third-order valence-corrected chi connectivity index (χ3v) is 5.99. The zero-order valence-corrected chi connectivity index (χ0v) is 16.3. The van der Waals surface area contributed by atoms with Crippen molar-refractivity contribution in [3.05, 3.63) is 59.7 Å². The summed E-state index contributed by atoms with van der Waals surface area (Å²) in [5, 5.41) is 10.4. The van der Waals surface area contributed by atoms with Gasteiger partial charge in [0.1, 0.15) is 18.2 Å². The molecule has 1 aliphatic heterocycles. The number of aromatic amines is 1. The second-order valence-corrected chi connectivity index (χ2v) is 8.09. The fraction of sp³-hybridized carbons (Fsp3) is 0.190. The van der Waals surface area contributed by atoms with Gasteiger partial charge >= 0.3 is 0 Å². The minimum Gasteiger partial charge on any atom is -0.492 e. The van der Waals surface area contributed by atoms with Crippen molar-refractivity contribution in [1.82, 2.24) is 15.2 Å². The van der Waals surface area contributed by atoms with Crippen LogP contribution in [0.15, 0.2) is 42.6 Å². The van der Waals surface area contributed by atoms with E-state index in [0.717, 1.165) is 27.0 Å². The number of rotatable bonds is 3. The van der Waals surface area contributed by atoms with Gasteiger partial charge < -0.3 is 10.1 Å². The Bertz CT molecular complexity index is 1230. The van der Waals surface area contributed by atoms with Crippen molar-refractivity contribution in [2.24, 2.45) is 5.92 Å². The Labute approximate surface area is 169 Å². The molecule has 1 unspecified atom stereocenters. The molecule has 1 aliphatic rings. The number of aromatic nitrogens is 3. The lowest BCUT2D eigenvalue weighted by Crippen LogP contribution is -2.32. The number of halogens is 1. The number of thiazole rings is 1. The van der Waals surface area contributed by atoms with Gasteiger partial charge in [-0.25, -0.2) is 9.37 Å². The van der Waals surface area contributed by atoms with Crippen LogP contribution >= 0.6 is 11.3 Å². The second kappa shape index (κ2) is 6.97. The first-order chi connectivity index (χ1) is 14.1. The molecule has 4 aromatic rings. The van der Waals surface area contributed by atoms with Crippen molar-refractivity contribution in [3.8, 4) is 16.9 Å². The van der Waals surface area contributed by atoms with Crippen molar-refractivity contribution in [2.45, 2.75) is 13.3 Å². The van der Waals surface area contributed by atoms with E-state index in [1.807, 2.05) is 25.1 Å². The number of hydrogen-bond acceptors (Lipinski definition) is 5. The summed E-state index contributed by atoms with van der Waals surface area (Å²) in [4.78, 5) is 17.2. The first-order valence-electron chi connectivity index (χ1n) is 9.20. The summed E-state index contributed by atoms with van der Waals surface area (Å²) in [5.74, 6) is -0.258. The molecule has 0 radical (unpaired) electrons. The number of hydrogen-bond donors (Lipinski definition) is 2. The van der Waals surface area contributed by atoms with E-state index in [9.17, 15) is 9.18 Å². The minimum absolute atomic E-state index is 0.176. The number of nitrogens with one attached hydrogen (secondary N) is 2. The summed E-state index contributed by atoms with van der Waals surface area (Å²) in [7, 11) is 0. The summed E-state index contributed by atoms with van der Waals surface area (Å²) in [6.45, 7) is 2.24. The number of aryl methyl sites for hydroxylation is 1. The highest BCUT2D eigenvalue weighted by atomic mass is 32.1. The average Bonchev–Trinajstić information content (AvgIpc) is 3.31. The molecule has 146 valence electrons. The van der Waals surface area contributed by atoms with Gasteiger partial charge in [-0.15, -0.1) is 0 Å². The van der Waals surface area contributed by atoms with E-state index < -0.39 is 0 Å². The monoisotopic (exact) mass is 408 g/mol. The molecule has 6 nitrogen and oxygen atoms in total. The van der Waals surface area contributed by atoms with E-state index in [4.69, 9.17) is 4.74 Å². The van der Waals surface area contributed by atoms with Crippen molar-refractivity contribution >= 4 is 32.6 Å². The quantitative estimate of drug-likeness (QED) is 0.529. The molecule has 1 amide bonds. The van der Waals surface area contributed by atoms with E-state index in [-0.39, 0.29) is 24.2 Å². The van der Waals surface area contributed by atoms with Crippen LogP contribution in [0.5, 0.6) is 5.75 Å². The Morgan fingerprint density at radius 2 is 2.21 bits per heavy atom. The maximum absolute atomic E-state index is 13.5. The first-order valence-corrected chi connectivity index (χ1v) is 10.0. The molecule has 8 heteroatoms. The summed E-state index contributed by atoms with van der Waals surface area (Å²) in [6.07, 6.45) is 2.23. The normalized spacial score (nSPS) is 15.7. The van der Waals surface area contributed by atoms with Gasteiger partial charge in [-0.1, -0.05) is 17.4 Å². The van der Waals surface area contributed by atoms with Gasteiger partial charge in [0.25, 0.3) is 0 Å². The van der Waals surface area contributed by atoms with Gasteiger partial charge in [0.05, 0.1) is 22.3 Å². The molecular formula is C21H17FN4O2S. The highest BCUT2D eigenvalue weighted by Gasteiger charge is 2.27. The van der Waals surface area contributed by atoms with E-state index in [1.54, 1.807) is 12.3 Å². The van der Waals surface area contributed by atoms with Crippen LogP contribution < -0.4 is 10.1 Å². The number of ether oxygens (including phenoxy) is 1. The highest BCUT2D eigenvalue weighted by molar-refractivity contribution is 7.22. The smallest absolute Gasteiger partial charge is 0.233 e. The Kier molecular flexibility index (Phi) is 4.28. The van der Waals surface area contributed by atoms with Gasteiger partial charge in [0.2, 0.25) is 5.91 Å². The number of fused-ring (bicyclic) bond motifs is 2. The van der Waals surface area contributed by atoms with Crippen LogP contribution in [0.1, 0.15) is 11.3 Å². The predicted molar refractivity (Wildman–Crippen MR) is 110 cm³/mol. The van der Waals surface area contributed by atoms with Crippen LogP contribution in [0.4, 0.5) is 9.52 Å². The molecule has 2 aromatic carbocycles. The van der Waals surface area contributed by atoms with E-state index in [1.165, 1.54) is 23.5 Å². The fourth-order valence-electron chi connectivity index (χ4n) is 3.53. The zero-order valence-electron chi connectivity index (χ0n) is 15.5. The SMILES string of the molecule is Cc1[nH]ncc1-c1ccc2nc(NC(=O)C3COc4ccc(F)cc4C3)sc2c1. The molecule has 0 saturated heterocycles. The second-order valence-electron chi connectivity index (χ2n) is 7.06. The standard InChI is InChI=1S/C21H17FN4O2S/c1-11-16(9-23-26-11)12-2-4-17-19(8-12)29-21(24-17)25-20(27)14-6-13-7-15(22)3-5-18(13)28-10-14/h2-5,7-9,14H,6,10H2,1H3,(H,23,26)(H,24,25,27). The Hall–Kier alpha value is -3.26. The van der Waals surface area contributed by atoms with Crippen LogP contribution in [0.25, 0.3) is 21.3 Å². The summed E-state index contributed by atoms with van der Waals surface area (Å²) in [6, 6.07) is 10.4. The third-order valence-electron chi connectivity index (χ3n) is 5.06. The summed E-state index contributed by atoms with van der Waals surface area (Å²) < 4.78 is 20.1. The van der Waals surface area contributed by atoms with E-state index in [2.05, 4.69) is 20.5 Å². The number of amides is 1. The van der Waals surface area contributed by atoms with Gasteiger partial charge in [0.15, 0.2) is 5.13 Å². The molecule has 2 N–H and O–H groups in total. The topological polar surface area (TPSA) is 79.9 Å². The molecule has 0 aliphatic carbocycles. The summed E-state index contributed by atoms with van der Waals surface area (Å²) >= 11 is 1.42. The zero-order chi connectivity index (χ0) is 20.0. The molecule has 29 heavy (non-hydrogen) atoms. The number of nitrogens with zero attached hydrogens (tertiary/aromatic N) is 2. The molecule has 3 heterocycles. The molecule has 0 bridgehead atoms. The maximum Gasteiger partial charge on any atom is 0.233 e. The van der Waals surface area contributed by atoms with E-state index >= 15 is 0 Å². The van der Waals surface area contributed by atoms with Crippen LogP contribution in [0.2, 0.25) is 0 Å². The maximum atomic E-state index is 13.5. The van der Waals surface area contributed by atoms with Crippen LogP contribution in [-0.2, 0) is 11.2 Å². The van der Waals surface area contributed by atoms with Gasteiger partial charge in [-0.2, -0.15) is 5.10 Å². The van der Waals surface area contributed by atoms with Crippen LogP contribution in [-0.4, -0.2) is 27.7 Å². The van der Waals surface area contributed by atoms with Gasteiger partial charge in [0, 0.05) is 11.3 Å². The lowest BCUT2D eigenvalue weighted by atomic mass is 9.96. The molecule has 1 atom stereocenters. The third kappa shape index (κ3) is 3.36. The molecular weight excluding hydrogens is 391 g/mol. The number of carbonyl (C=O) groups excluding carboxylic acids is 1. The lowest BCUT2D eigenvalue weighted by Gasteiger charge is -2.24. The van der Waals surface area contributed by atoms with Crippen molar-refractivity contribution in [3.63, 3.8) is 0 Å². The molecule has 0 saturated carbocycles. The van der Waals surface area contributed by atoms with Crippen molar-refractivity contribution < 1.29 is 13.9 Å². The Morgan fingerprint density at radius 3 is 3.03 bits per heavy atom. The lowest BCUT2D eigenvalue weighted by molar-refractivity contribution is -0.121. The minimum atomic E-state index is -0.388. The highest BCUT2D eigenvalue weighted by Crippen LogP contribution is 2.32. The number of H-pyrrole nitrogens is 1. The van der Waals surface area contributed by atoms with Crippen molar-refractivity contribution in [2.75, 3.05) is 11.9 Å². The van der Waals surface area contributed by atoms with Crippen molar-refractivity contribution in [1.29, 1.82) is 0 Å². The van der Waals surface area contributed by atoms with Gasteiger partial charge in [-0.05, 0) is 54.8 Å².